The SMILES string of the molecule is CCc1cnc2[nH]cc(Cc3ccc(N)nc3)c2c1. The van der Waals surface area contributed by atoms with Gasteiger partial charge in [-0.15, -0.1) is 0 Å². The van der Waals surface area contributed by atoms with Gasteiger partial charge < -0.3 is 10.7 Å². The van der Waals surface area contributed by atoms with Gasteiger partial charge in [-0.2, -0.15) is 0 Å². The van der Waals surface area contributed by atoms with E-state index in [1.165, 1.54) is 16.5 Å². The topological polar surface area (TPSA) is 67.6 Å². The number of aryl methyl sites for hydroxylation is 1. The molecule has 0 fully saturated rings. The Balaban J connectivity index is 1.98. The van der Waals surface area contributed by atoms with Crippen LogP contribution in [0.4, 0.5) is 5.82 Å². The molecule has 0 radical (unpaired) electrons. The van der Waals surface area contributed by atoms with Gasteiger partial charge in [0.25, 0.3) is 0 Å². The molecule has 19 heavy (non-hydrogen) atoms. The number of pyridine rings is 2. The Labute approximate surface area is 111 Å². The third-order valence-electron chi connectivity index (χ3n) is 3.32. The molecule has 0 atom stereocenters. The highest BCUT2D eigenvalue weighted by molar-refractivity contribution is 5.80. The fraction of sp³-hybridized carbons (Fsp3) is 0.200. The second-order valence-corrected chi connectivity index (χ2v) is 4.68. The Morgan fingerprint density at radius 2 is 2.00 bits per heavy atom. The van der Waals surface area contributed by atoms with Gasteiger partial charge in [-0.1, -0.05) is 13.0 Å². The van der Waals surface area contributed by atoms with Gasteiger partial charge in [-0.05, 0) is 35.2 Å². The number of hydrogen-bond donors (Lipinski definition) is 2. The van der Waals surface area contributed by atoms with Crippen LogP contribution in [0.25, 0.3) is 11.0 Å². The molecule has 0 aliphatic carbocycles. The summed E-state index contributed by atoms with van der Waals surface area (Å²) in [4.78, 5) is 11.8. The third-order valence-corrected chi connectivity index (χ3v) is 3.32. The minimum absolute atomic E-state index is 0.553. The van der Waals surface area contributed by atoms with Crippen molar-refractivity contribution in [2.45, 2.75) is 19.8 Å². The molecular weight excluding hydrogens is 236 g/mol. The first-order chi connectivity index (χ1) is 9.26. The standard InChI is InChI=1S/C15H16N4/c1-2-10-6-13-12(9-19-15(13)18-7-10)5-11-3-4-14(16)17-8-11/h3-4,6-9H,2,5H2,1H3,(H2,16,17)(H,18,19). The summed E-state index contributed by atoms with van der Waals surface area (Å²) in [5, 5.41) is 1.19. The van der Waals surface area contributed by atoms with E-state index in [1.807, 2.05) is 30.7 Å². The number of hydrogen-bond acceptors (Lipinski definition) is 3. The number of aromatic amines is 1. The van der Waals surface area contributed by atoms with Crippen LogP contribution in [-0.4, -0.2) is 15.0 Å². The minimum Gasteiger partial charge on any atom is -0.384 e. The van der Waals surface area contributed by atoms with E-state index in [2.05, 4.69) is 27.9 Å². The Morgan fingerprint density at radius 1 is 1.16 bits per heavy atom. The molecule has 3 aromatic rings. The summed E-state index contributed by atoms with van der Waals surface area (Å²) in [6.07, 6.45) is 7.60. The molecule has 0 amide bonds. The van der Waals surface area contributed by atoms with Gasteiger partial charge in [0, 0.05) is 30.4 Å². The molecule has 4 nitrogen and oxygen atoms in total. The van der Waals surface area contributed by atoms with E-state index < -0.39 is 0 Å². The van der Waals surface area contributed by atoms with Crippen molar-refractivity contribution >= 4 is 16.9 Å². The van der Waals surface area contributed by atoms with Crippen molar-refractivity contribution in [3.8, 4) is 0 Å². The van der Waals surface area contributed by atoms with Crippen molar-refractivity contribution in [1.29, 1.82) is 0 Å². The first-order valence-corrected chi connectivity index (χ1v) is 6.41. The maximum absolute atomic E-state index is 5.60. The van der Waals surface area contributed by atoms with Gasteiger partial charge in [0.05, 0.1) is 0 Å². The highest BCUT2D eigenvalue weighted by atomic mass is 14.8. The van der Waals surface area contributed by atoms with Gasteiger partial charge in [-0.3, -0.25) is 0 Å². The highest BCUT2D eigenvalue weighted by Crippen LogP contribution is 2.21. The highest BCUT2D eigenvalue weighted by Gasteiger charge is 2.06. The number of rotatable bonds is 3. The van der Waals surface area contributed by atoms with Crippen molar-refractivity contribution in [2.75, 3.05) is 5.73 Å². The number of nitrogen functional groups attached to an aromatic ring is 1. The summed E-state index contributed by atoms with van der Waals surface area (Å²) in [5.41, 5.74) is 10.2. The van der Waals surface area contributed by atoms with Crippen LogP contribution in [0.15, 0.2) is 36.8 Å². The van der Waals surface area contributed by atoms with E-state index in [-0.39, 0.29) is 0 Å². The summed E-state index contributed by atoms with van der Waals surface area (Å²) < 4.78 is 0. The lowest BCUT2D eigenvalue weighted by Gasteiger charge is -2.01. The van der Waals surface area contributed by atoms with E-state index >= 15 is 0 Å². The maximum atomic E-state index is 5.60. The second kappa shape index (κ2) is 4.72. The van der Waals surface area contributed by atoms with Crippen LogP contribution in [0.2, 0.25) is 0 Å². The Hall–Kier alpha value is -2.36. The van der Waals surface area contributed by atoms with E-state index in [0.717, 1.165) is 24.1 Å². The molecule has 0 aliphatic rings. The van der Waals surface area contributed by atoms with Gasteiger partial charge in [0.1, 0.15) is 11.5 Å². The summed E-state index contributed by atoms with van der Waals surface area (Å²) in [5.74, 6) is 0.553. The average molecular weight is 252 g/mol. The van der Waals surface area contributed by atoms with Crippen molar-refractivity contribution in [2.24, 2.45) is 0 Å². The number of nitrogens with two attached hydrogens (primary N) is 1. The molecule has 0 bridgehead atoms. The second-order valence-electron chi connectivity index (χ2n) is 4.68. The summed E-state index contributed by atoms with van der Waals surface area (Å²) in [6, 6.07) is 6.05. The molecule has 0 saturated heterocycles. The molecular formula is C15H16N4. The Morgan fingerprint density at radius 3 is 2.74 bits per heavy atom. The largest absolute Gasteiger partial charge is 0.384 e. The van der Waals surface area contributed by atoms with Gasteiger partial charge in [0.2, 0.25) is 0 Å². The lowest BCUT2D eigenvalue weighted by Crippen LogP contribution is -1.93. The zero-order chi connectivity index (χ0) is 13.2. The van der Waals surface area contributed by atoms with Crippen LogP contribution in [0, 0.1) is 0 Å². The van der Waals surface area contributed by atoms with Crippen molar-refractivity contribution in [3.63, 3.8) is 0 Å². The number of fused-ring (bicyclic) bond motifs is 1. The predicted molar refractivity (Wildman–Crippen MR) is 76.9 cm³/mol. The summed E-state index contributed by atoms with van der Waals surface area (Å²) in [7, 11) is 0. The quantitative estimate of drug-likeness (QED) is 0.753. The zero-order valence-electron chi connectivity index (χ0n) is 10.9. The number of H-pyrrole nitrogens is 1. The third kappa shape index (κ3) is 2.29. The summed E-state index contributed by atoms with van der Waals surface area (Å²) in [6.45, 7) is 2.14. The van der Waals surface area contributed by atoms with Crippen LogP contribution in [0.3, 0.4) is 0 Å². The number of nitrogens with one attached hydrogen (secondary N) is 1. The fourth-order valence-corrected chi connectivity index (χ4v) is 2.20. The maximum Gasteiger partial charge on any atom is 0.137 e. The van der Waals surface area contributed by atoms with Crippen LogP contribution < -0.4 is 5.73 Å². The van der Waals surface area contributed by atoms with Crippen LogP contribution in [-0.2, 0) is 12.8 Å². The normalized spacial score (nSPS) is 11.0. The van der Waals surface area contributed by atoms with Gasteiger partial charge >= 0.3 is 0 Å². The van der Waals surface area contributed by atoms with E-state index in [1.54, 1.807) is 0 Å². The van der Waals surface area contributed by atoms with Crippen molar-refractivity contribution in [3.05, 3.63) is 53.5 Å². The Bertz CT molecular complexity index is 698. The molecule has 0 aliphatic heterocycles. The molecule has 0 unspecified atom stereocenters. The lowest BCUT2D eigenvalue weighted by atomic mass is 10.1. The summed E-state index contributed by atoms with van der Waals surface area (Å²) >= 11 is 0. The van der Waals surface area contributed by atoms with Crippen LogP contribution in [0.1, 0.15) is 23.6 Å². The van der Waals surface area contributed by atoms with Crippen molar-refractivity contribution in [1.82, 2.24) is 15.0 Å². The molecule has 0 spiro atoms. The van der Waals surface area contributed by atoms with Gasteiger partial charge in [0.15, 0.2) is 0 Å². The minimum atomic E-state index is 0.553. The lowest BCUT2D eigenvalue weighted by molar-refractivity contribution is 1.11. The smallest absolute Gasteiger partial charge is 0.137 e. The Kier molecular flexibility index (Phi) is 2.91. The van der Waals surface area contributed by atoms with E-state index in [4.69, 9.17) is 5.73 Å². The molecule has 0 saturated carbocycles. The van der Waals surface area contributed by atoms with E-state index in [0.29, 0.717) is 5.82 Å². The van der Waals surface area contributed by atoms with Crippen molar-refractivity contribution < 1.29 is 0 Å². The molecule has 96 valence electrons. The average Bonchev–Trinajstić information content (AvgIpc) is 2.84. The van der Waals surface area contributed by atoms with Crippen LogP contribution in [0.5, 0.6) is 0 Å². The number of nitrogens with zero attached hydrogens (tertiary/aromatic N) is 2. The molecule has 3 rings (SSSR count). The van der Waals surface area contributed by atoms with Gasteiger partial charge in [-0.25, -0.2) is 9.97 Å². The predicted octanol–water partition coefficient (Wildman–Crippen LogP) is 2.69. The molecule has 3 N–H and O–H groups in total. The zero-order valence-corrected chi connectivity index (χ0v) is 10.9. The number of aromatic nitrogens is 3. The number of anilines is 1. The monoisotopic (exact) mass is 252 g/mol. The molecule has 3 aromatic heterocycles. The molecule has 3 heterocycles. The van der Waals surface area contributed by atoms with Crippen LogP contribution >= 0.6 is 0 Å². The fourth-order valence-electron chi connectivity index (χ4n) is 2.20. The van der Waals surface area contributed by atoms with E-state index in [9.17, 15) is 0 Å². The first-order valence-electron chi connectivity index (χ1n) is 6.41. The molecule has 4 heteroatoms. The molecule has 0 aromatic carbocycles. The first kappa shape index (κ1) is 11.7.